The number of carbonyl (C=O) groups is 2. The van der Waals surface area contributed by atoms with Crippen molar-refractivity contribution in [2.75, 3.05) is 11.9 Å². The van der Waals surface area contributed by atoms with Crippen molar-refractivity contribution in [2.45, 2.75) is 38.0 Å². The number of aliphatic carboxylic acids is 1. The number of hydrogen-bond acceptors (Lipinski definition) is 3. The number of nitrogens with one attached hydrogen (secondary N) is 1. The number of fused-ring (bicyclic) bond motifs is 1. The quantitative estimate of drug-likeness (QED) is 0.738. The lowest BCUT2D eigenvalue weighted by molar-refractivity contribution is -0.137. The van der Waals surface area contributed by atoms with Gasteiger partial charge in [0.25, 0.3) is 0 Å². The monoisotopic (exact) mass is 353 g/mol. The summed E-state index contributed by atoms with van der Waals surface area (Å²) in [5, 5.41) is 11.6. The summed E-state index contributed by atoms with van der Waals surface area (Å²) in [5.41, 5.74) is 3.13. The van der Waals surface area contributed by atoms with Crippen LogP contribution in [0.3, 0.4) is 0 Å². The lowest BCUT2D eigenvalue weighted by Gasteiger charge is -2.24. The Bertz CT molecular complexity index is 770. The maximum atomic E-state index is 12.7. The number of amides is 1. The van der Waals surface area contributed by atoms with Crippen LogP contribution >= 0.6 is 0 Å². The molecule has 0 fully saturated rings. The van der Waals surface area contributed by atoms with E-state index < -0.39 is 5.97 Å². The highest BCUT2D eigenvalue weighted by molar-refractivity contribution is 5.96. The van der Waals surface area contributed by atoms with Crippen molar-refractivity contribution in [1.82, 2.24) is 0 Å². The number of carboxylic acid groups (broad SMARTS) is 1. The molecule has 2 aromatic rings. The average molecular weight is 353 g/mol. The number of benzene rings is 2. The first-order chi connectivity index (χ1) is 12.6. The van der Waals surface area contributed by atoms with E-state index in [9.17, 15) is 9.59 Å². The van der Waals surface area contributed by atoms with E-state index in [0.29, 0.717) is 18.8 Å². The molecule has 26 heavy (non-hydrogen) atoms. The van der Waals surface area contributed by atoms with E-state index in [1.165, 1.54) is 5.56 Å². The Morgan fingerprint density at radius 2 is 1.88 bits per heavy atom. The second-order valence-corrected chi connectivity index (χ2v) is 6.50. The van der Waals surface area contributed by atoms with Crippen molar-refractivity contribution >= 4 is 17.6 Å². The maximum Gasteiger partial charge on any atom is 0.303 e. The molecular weight excluding hydrogens is 330 g/mol. The molecule has 0 radical (unpaired) electrons. The van der Waals surface area contributed by atoms with Crippen molar-refractivity contribution in [1.29, 1.82) is 0 Å². The van der Waals surface area contributed by atoms with Crippen LogP contribution in [0.4, 0.5) is 5.69 Å². The Labute approximate surface area is 153 Å². The van der Waals surface area contributed by atoms with Crippen LogP contribution in [-0.4, -0.2) is 23.6 Å². The Balaban J connectivity index is 1.56. The first kappa shape index (κ1) is 18.0. The Hall–Kier alpha value is -2.82. The molecule has 1 atom stereocenters. The van der Waals surface area contributed by atoms with Gasteiger partial charge in [-0.3, -0.25) is 9.59 Å². The third-order valence-electron chi connectivity index (χ3n) is 4.61. The summed E-state index contributed by atoms with van der Waals surface area (Å²) in [6.07, 6.45) is 3.49. The van der Waals surface area contributed by atoms with E-state index in [2.05, 4.69) is 11.4 Å². The molecule has 1 aliphatic carbocycles. The van der Waals surface area contributed by atoms with Gasteiger partial charge in [0.05, 0.1) is 12.5 Å². The first-order valence-corrected chi connectivity index (χ1v) is 8.97. The zero-order chi connectivity index (χ0) is 18.4. The molecular formula is C21H23NO4. The SMILES string of the molecule is O=C(O)CCCOc1ccc(NC(=O)C2CCCc3ccccc32)cc1. The van der Waals surface area contributed by atoms with E-state index in [0.717, 1.165) is 30.5 Å². The largest absolute Gasteiger partial charge is 0.494 e. The summed E-state index contributed by atoms with van der Waals surface area (Å²) in [7, 11) is 0. The molecule has 0 spiro atoms. The van der Waals surface area contributed by atoms with Crippen molar-refractivity contribution in [3.8, 4) is 5.75 Å². The van der Waals surface area contributed by atoms with E-state index in [1.54, 1.807) is 24.3 Å². The van der Waals surface area contributed by atoms with Crippen molar-refractivity contribution in [2.24, 2.45) is 0 Å². The molecule has 5 nitrogen and oxygen atoms in total. The molecule has 0 heterocycles. The van der Waals surface area contributed by atoms with Crippen LogP contribution in [0, 0.1) is 0 Å². The minimum absolute atomic E-state index is 0.0206. The molecule has 5 heteroatoms. The summed E-state index contributed by atoms with van der Waals surface area (Å²) in [6.45, 7) is 0.358. The van der Waals surface area contributed by atoms with Crippen molar-refractivity contribution in [3.05, 3.63) is 59.7 Å². The van der Waals surface area contributed by atoms with Crippen LogP contribution in [0.1, 0.15) is 42.7 Å². The fraction of sp³-hybridized carbons (Fsp3) is 0.333. The summed E-state index contributed by atoms with van der Waals surface area (Å²) in [4.78, 5) is 23.2. The van der Waals surface area contributed by atoms with Crippen LogP contribution in [0.2, 0.25) is 0 Å². The molecule has 0 aliphatic heterocycles. The standard InChI is InChI=1S/C21H23NO4/c23-20(24)9-4-14-26-17-12-10-16(11-13-17)22-21(25)19-8-3-6-15-5-1-2-7-18(15)19/h1-2,5,7,10-13,19H,3-4,6,8-9,14H2,(H,22,25)(H,23,24). The highest BCUT2D eigenvalue weighted by atomic mass is 16.5. The fourth-order valence-electron chi connectivity index (χ4n) is 3.30. The first-order valence-electron chi connectivity index (χ1n) is 8.97. The molecule has 2 N–H and O–H groups in total. The van der Waals surface area contributed by atoms with Crippen LogP contribution in [0.15, 0.2) is 48.5 Å². The van der Waals surface area contributed by atoms with E-state index in [-0.39, 0.29) is 18.2 Å². The zero-order valence-electron chi connectivity index (χ0n) is 14.6. The van der Waals surface area contributed by atoms with Crippen LogP contribution < -0.4 is 10.1 Å². The predicted octanol–water partition coefficient (Wildman–Crippen LogP) is 3.99. The van der Waals surface area contributed by atoms with E-state index in [1.807, 2.05) is 18.2 Å². The lowest BCUT2D eigenvalue weighted by atomic mass is 9.82. The van der Waals surface area contributed by atoms with Gasteiger partial charge in [0, 0.05) is 12.1 Å². The van der Waals surface area contributed by atoms with Gasteiger partial charge in [-0.2, -0.15) is 0 Å². The Morgan fingerprint density at radius 3 is 2.65 bits per heavy atom. The molecule has 0 bridgehead atoms. The smallest absolute Gasteiger partial charge is 0.303 e. The number of ether oxygens (including phenoxy) is 1. The van der Waals surface area contributed by atoms with Gasteiger partial charge in [-0.25, -0.2) is 0 Å². The maximum absolute atomic E-state index is 12.7. The molecule has 1 aliphatic rings. The lowest BCUT2D eigenvalue weighted by Crippen LogP contribution is -2.24. The van der Waals surface area contributed by atoms with Gasteiger partial charge >= 0.3 is 5.97 Å². The second kappa shape index (κ2) is 8.52. The van der Waals surface area contributed by atoms with Gasteiger partial charge < -0.3 is 15.2 Å². The molecule has 0 aromatic heterocycles. The molecule has 136 valence electrons. The van der Waals surface area contributed by atoms with Gasteiger partial charge in [-0.05, 0) is 61.1 Å². The molecule has 3 rings (SSSR count). The highest BCUT2D eigenvalue weighted by Crippen LogP contribution is 2.32. The van der Waals surface area contributed by atoms with Gasteiger partial charge in [-0.1, -0.05) is 24.3 Å². The van der Waals surface area contributed by atoms with Gasteiger partial charge in [0.15, 0.2) is 0 Å². The van der Waals surface area contributed by atoms with Crippen molar-refractivity contribution < 1.29 is 19.4 Å². The molecule has 0 saturated heterocycles. The van der Waals surface area contributed by atoms with Crippen LogP contribution in [0.5, 0.6) is 5.75 Å². The van der Waals surface area contributed by atoms with Gasteiger partial charge in [0.1, 0.15) is 5.75 Å². The normalized spacial score (nSPS) is 15.8. The minimum Gasteiger partial charge on any atom is -0.494 e. The Morgan fingerprint density at radius 1 is 1.12 bits per heavy atom. The zero-order valence-corrected chi connectivity index (χ0v) is 14.6. The molecule has 0 saturated carbocycles. The molecule has 2 aromatic carbocycles. The summed E-state index contributed by atoms with van der Waals surface area (Å²) >= 11 is 0. The number of hydrogen-bond donors (Lipinski definition) is 2. The number of rotatable bonds is 7. The average Bonchev–Trinajstić information content (AvgIpc) is 2.66. The number of carboxylic acids is 1. The third-order valence-corrected chi connectivity index (χ3v) is 4.61. The molecule has 1 unspecified atom stereocenters. The fourth-order valence-corrected chi connectivity index (χ4v) is 3.30. The topological polar surface area (TPSA) is 75.6 Å². The summed E-state index contributed by atoms with van der Waals surface area (Å²) < 4.78 is 5.50. The Kier molecular flexibility index (Phi) is 5.89. The summed E-state index contributed by atoms with van der Waals surface area (Å²) in [5.74, 6) is -0.244. The van der Waals surface area contributed by atoms with Crippen molar-refractivity contribution in [3.63, 3.8) is 0 Å². The summed E-state index contributed by atoms with van der Waals surface area (Å²) in [6, 6.07) is 15.3. The predicted molar refractivity (Wildman–Crippen MR) is 99.6 cm³/mol. The third kappa shape index (κ3) is 4.63. The minimum atomic E-state index is -0.823. The molecule has 1 amide bonds. The number of aryl methyl sites for hydroxylation is 1. The van der Waals surface area contributed by atoms with E-state index in [4.69, 9.17) is 9.84 Å². The number of anilines is 1. The van der Waals surface area contributed by atoms with Gasteiger partial charge in [0.2, 0.25) is 5.91 Å². The number of carbonyl (C=O) groups excluding carboxylic acids is 1. The van der Waals surface area contributed by atoms with E-state index >= 15 is 0 Å². The van der Waals surface area contributed by atoms with Crippen LogP contribution in [0.25, 0.3) is 0 Å². The van der Waals surface area contributed by atoms with Gasteiger partial charge in [-0.15, -0.1) is 0 Å². The second-order valence-electron chi connectivity index (χ2n) is 6.50. The highest BCUT2D eigenvalue weighted by Gasteiger charge is 2.26. The van der Waals surface area contributed by atoms with Crippen LogP contribution in [-0.2, 0) is 16.0 Å².